The third-order valence-electron chi connectivity index (χ3n) is 3.82. The van der Waals surface area contributed by atoms with E-state index in [1.54, 1.807) is 0 Å². The second-order valence-electron chi connectivity index (χ2n) is 5.54. The molecule has 1 aromatic carbocycles. The molecule has 24 heavy (non-hydrogen) atoms. The zero-order valence-electron chi connectivity index (χ0n) is 13.1. The number of hydrogen-bond donors (Lipinski definition) is 1. The Hall–Kier alpha value is -2.09. The van der Waals surface area contributed by atoms with Crippen molar-refractivity contribution in [1.29, 1.82) is 0 Å². The number of ether oxygens (including phenoxy) is 2. The molecule has 1 saturated heterocycles. The SMILES string of the molecule is COC(=O)[C@H](Cc1ccc(C(F)(F)F)cc1)NC(=O)[C@@H]1CCOC1. The minimum absolute atomic E-state index is 0.0458. The van der Waals surface area contributed by atoms with Crippen LogP contribution in [0.3, 0.4) is 0 Å². The smallest absolute Gasteiger partial charge is 0.416 e. The number of halogens is 3. The van der Waals surface area contributed by atoms with Crippen molar-refractivity contribution in [2.24, 2.45) is 5.92 Å². The van der Waals surface area contributed by atoms with E-state index in [1.807, 2.05) is 0 Å². The maximum Gasteiger partial charge on any atom is 0.416 e. The summed E-state index contributed by atoms with van der Waals surface area (Å²) in [6, 6.07) is 3.49. The molecule has 1 aliphatic rings. The minimum atomic E-state index is -4.42. The number of nitrogens with one attached hydrogen (secondary N) is 1. The number of carbonyl (C=O) groups excluding carboxylic acids is 2. The second-order valence-corrected chi connectivity index (χ2v) is 5.54. The molecule has 8 heteroatoms. The van der Waals surface area contributed by atoms with Gasteiger partial charge in [0.2, 0.25) is 5.91 Å². The summed E-state index contributed by atoms with van der Waals surface area (Å²) in [6.45, 7) is 0.778. The van der Waals surface area contributed by atoms with E-state index in [-0.39, 0.29) is 18.2 Å². The van der Waals surface area contributed by atoms with Crippen LogP contribution >= 0.6 is 0 Å². The van der Waals surface area contributed by atoms with Crippen LogP contribution in [0, 0.1) is 5.92 Å². The number of alkyl halides is 3. The van der Waals surface area contributed by atoms with E-state index in [4.69, 9.17) is 4.74 Å². The van der Waals surface area contributed by atoms with Crippen LogP contribution in [0.4, 0.5) is 13.2 Å². The minimum Gasteiger partial charge on any atom is -0.467 e. The molecule has 2 atom stereocenters. The number of methoxy groups -OCH3 is 1. The lowest BCUT2D eigenvalue weighted by atomic mass is 10.0. The van der Waals surface area contributed by atoms with Gasteiger partial charge in [-0.2, -0.15) is 13.2 Å². The summed E-state index contributed by atoms with van der Waals surface area (Å²) < 4.78 is 47.5. The molecule has 0 aliphatic carbocycles. The zero-order valence-corrected chi connectivity index (χ0v) is 13.1. The molecule has 1 fully saturated rings. The zero-order chi connectivity index (χ0) is 17.7. The Morgan fingerprint density at radius 2 is 2.00 bits per heavy atom. The predicted octanol–water partition coefficient (Wildman–Crippen LogP) is 1.94. The van der Waals surface area contributed by atoms with Crippen LogP contribution in [0.5, 0.6) is 0 Å². The summed E-state index contributed by atoms with van der Waals surface area (Å²) in [5.41, 5.74) is -0.283. The number of esters is 1. The van der Waals surface area contributed by atoms with E-state index in [2.05, 4.69) is 10.1 Å². The molecule has 0 radical (unpaired) electrons. The first kappa shape index (κ1) is 18.3. The van der Waals surface area contributed by atoms with Gasteiger partial charge in [0, 0.05) is 13.0 Å². The lowest BCUT2D eigenvalue weighted by Gasteiger charge is -2.19. The average Bonchev–Trinajstić information content (AvgIpc) is 3.07. The quantitative estimate of drug-likeness (QED) is 0.829. The molecular weight excluding hydrogens is 327 g/mol. The molecule has 0 bridgehead atoms. The van der Waals surface area contributed by atoms with Crippen molar-refractivity contribution in [3.63, 3.8) is 0 Å². The molecule has 0 spiro atoms. The Kier molecular flexibility index (Phi) is 5.82. The maximum absolute atomic E-state index is 12.6. The monoisotopic (exact) mass is 345 g/mol. The van der Waals surface area contributed by atoms with E-state index in [9.17, 15) is 22.8 Å². The standard InChI is InChI=1S/C16H18F3NO4/c1-23-15(22)13(20-14(21)11-6-7-24-9-11)8-10-2-4-12(5-3-10)16(17,18)19/h2-5,11,13H,6-9H2,1H3,(H,20,21)/t11-,13+/m1/s1. The first-order chi connectivity index (χ1) is 11.3. The van der Waals surface area contributed by atoms with Crippen molar-refractivity contribution in [2.45, 2.75) is 25.1 Å². The lowest BCUT2D eigenvalue weighted by molar-refractivity contribution is -0.145. The number of rotatable bonds is 5. The Balaban J connectivity index is 2.05. The molecule has 0 unspecified atom stereocenters. The summed E-state index contributed by atoms with van der Waals surface area (Å²) in [5.74, 6) is -1.30. The molecule has 2 rings (SSSR count). The Bertz CT molecular complexity index is 580. The number of hydrogen-bond acceptors (Lipinski definition) is 4. The van der Waals surface area contributed by atoms with Crippen molar-refractivity contribution in [1.82, 2.24) is 5.32 Å². The van der Waals surface area contributed by atoms with E-state index < -0.39 is 23.8 Å². The predicted molar refractivity (Wildman–Crippen MR) is 78.0 cm³/mol. The summed E-state index contributed by atoms with van der Waals surface area (Å²) in [5, 5.41) is 2.59. The van der Waals surface area contributed by atoms with Crippen molar-refractivity contribution in [2.75, 3.05) is 20.3 Å². The molecule has 1 aliphatic heterocycles. The maximum atomic E-state index is 12.6. The summed E-state index contributed by atoms with van der Waals surface area (Å²) in [4.78, 5) is 23.9. The topological polar surface area (TPSA) is 64.6 Å². The molecule has 132 valence electrons. The van der Waals surface area contributed by atoms with Crippen LogP contribution in [0.15, 0.2) is 24.3 Å². The normalized spacial score (nSPS) is 18.9. The fourth-order valence-electron chi connectivity index (χ4n) is 2.43. The van der Waals surface area contributed by atoms with E-state index >= 15 is 0 Å². The largest absolute Gasteiger partial charge is 0.467 e. The Labute approximate surface area is 137 Å². The average molecular weight is 345 g/mol. The molecule has 0 saturated carbocycles. The van der Waals surface area contributed by atoms with Crippen LogP contribution in [-0.4, -0.2) is 38.2 Å². The van der Waals surface area contributed by atoms with Gasteiger partial charge in [-0.25, -0.2) is 4.79 Å². The van der Waals surface area contributed by atoms with Crippen LogP contribution in [0.2, 0.25) is 0 Å². The highest BCUT2D eigenvalue weighted by Gasteiger charge is 2.31. The van der Waals surface area contributed by atoms with E-state index in [0.717, 1.165) is 12.1 Å². The van der Waals surface area contributed by atoms with Gasteiger partial charge in [0.05, 0.1) is 25.2 Å². The van der Waals surface area contributed by atoms with Crippen molar-refractivity contribution < 1.29 is 32.2 Å². The number of amides is 1. The third-order valence-corrected chi connectivity index (χ3v) is 3.82. The fraction of sp³-hybridized carbons (Fsp3) is 0.500. The van der Waals surface area contributed by atoms with E-state index in [0.29, 0.717) is 25.2 Å². The molecule has 0 aromatic heterocycles. The fourth-order valence-corrected chi connectivity index (χ4v) is 2.43. The van der Waals surface area contributed by atoms with Crippen molar-refractivity contribution in [3.05, 3.63) is 35.4 Å². The van der Waals surface area contributed by atoms with Gasteiger partial charge < -0.3 is 14.8 Å². The van der Waals surface area contributed by atoms with Crippen LogP contribution in [-0.2, 0) is 31.7 Å². The lowest BCUT2D eigenvalue weighted by Crippen LogP contribution is -2.45. The molecule has 1 amide bonds. The molecule has 1 N–H and O–H groups in total. The van der Waals surface area contributed by atoms with Crippen LogP contribution < -0.4 is 5.32 Å². The Morgan fingerprint density at radius 3 is 2.50 bits per heavy atom. The third kappa shape index (κ3) is 4.70. The van der Waals surface area contributed by atoms with Gasteiger partial charge in [-0.3, -0.25) is 4.79 Å². The number of benzene rings is 1. The second kappa shape index (κ2) is 7.65. The van der Waals surface area contributed by atoms with Gasteiger partial charge in [-0.1, -0.05) is 12.1 Å². The molecule has 1 aromatic rings. The highest BCUT2D eigenvalue weighted by atomic mass is 19.4. The summed E-state index contributed by atoms with van der Waals surface area (Å²) in [7, 11) is 1.19. The van der Waals surface area contributed by atoms with Crippen molar-refractivity contribution in [3.8, 4) is 0 Å². The molecule has 5 nitrogen and oxygen atoms in total. The summed E-state index contributed by atoms with van der Waals surface area (Å²) >= 11 is 0. The van der Waals surface area contributed by atoms with Crippen LogP contribution in [0.25, 0.3) is 0 Å². The molecule has 1 heterocycles. The highest BCUT2D eigenvalue weighted by molar-refractivity contribution is 5.86. The van der Waals surface area contributed by atoms with Gasteiger partial charge in [0.15, 0.2) is 0 Å². The van der Waals surface area contributed by atoms with Crippen LogP contribution in [0.1, 0.15) is 17.5 Å². The van der Waals surface area contributed by atoms with Gasteiger partial charge in [0.25, 0.3) is 0 Å². The van der Waals surface area contributed by atoms with Gasteiger partial charge in [0.1, 0.15) is 6.04 Å². The summed E-state index contributed by atoms with van der Waals surface area (Å²) in [6.07, 6.45) is -3.80. The van der Waals surface area contributed by atoms with Gasteiger partial charge >= 0.3 is 12.1 Å². The first-order valence-electron chi connectivity index (χ1n) is 7.43. The molecular formula is C16H18F3NO4. The first-order valence-corrected chi connectivity index (χ1v) is 7.43. The Morgan fingerprint density at radius 1 is 1.33 bits per heavy atom. The van der Waals surface area contributed by atoms with E-state index in [1.165, 1.54) is 19.2 Å². The number of carbonyl (C=O) groups is 2. The van der Waals surface area contributed by atoms with Gasteiger partial charge in [-0.05, 0) is 24.1 Å². The van der Waals surface area contributed by atoms with Crippen molar-refractivity contribution >= 4 is 11.9 Å². The highest BCUT2D eigenvalue weighted by Crippen LogP contribution is 2.29. The van der Waals surface area contributed by atoms with Gasteiger partial charge in [-0.15, -0.1) is 0 Å².